The van der Waals surface area contributed by atoms with Gasteiger partial charge in [0, 0.05) is 12.1 Å². The number of hydrogen-bond acceptors (Lipinski definition) is 17. The van der Waals surface area contributed by atoms with Crippen molar-refractivity contribution in [2.24, 2.45) is 0 Å². The SMILES string of the molecule is O=C1c2c(O)cc(O)cc2OC(c2ccc(O)c(O)c2)C1O[C@@H]1O[C@H](CO[C@@H]2O[C@H](CO)[C@H](O)[C@H](O)[C@H]2O)[C@@H](O)[C@H](O)[C@H]1O. The lowest BCUT2D eigenvalue weighted by molar-refractivity contribution is -0.335. The van der Waals surface area contributed by atoms with Crippen molar-refractivity contribution in [3.05, 3.63) is 41.5 Å². The van der Waals surface area contributed by atoms with Gasteiger partial charge in [0.05, 0.1) is 13.2 Å². The van der Waals surface area contributed by atoms with Crippen molar-refractivity contribution in [3.63, 3.8) is 0 Å². The number of fused-ring (bicyclic) bond motifs is 1. The summed E-state index contributed by atoms with van der Waals surface area (Å²) in [4.78, 5) is 13.6. The third-order valence-corrected chi connectivity index (χ3v) is 7.65. The number of Topliss-reactive ketones (excluding diaryl/α,β-unsaturated/α-hetero) is 1. The number of phenols is 4. The summed E-state index contributed by atoms with van der Waals surface area (Å²) in [7, 11) is 0. The monoisotopic (exact) mass is 628 g/mol. The average molecular weight is 629 g/mol. The van der Waals surface area contributed by atoms with Gasteiger partial charge in [-0.2, -0.15) is 0 Å². The van der Waals surface area contributed by atoms with E-state index in [1.54, 1.807) is 0 Å². The van der Waals surface area contributed by atoms with E-state index in [9.17, 15) is 61.0 Å². The van der Waals surface area contributed by atoms with Crippen molar-refractivity contribution in [2.45, 2.75) is 73.6 Å². The molecule has 0 spiro atoms. The summed E-state index contributed by atoms with van der Waals surface area (Å²) >= 11 is 0. The van der Waals surface area contributed by atoms with Crippen molar-refractivity contribution in [1.29, 1.82) is 0 Å². The minimum absolute atomic E-state index is 0.0699. The molecule has 0 aliphatic carbocycles. The maximum Gasteiger partial charge on any atom is 0.203 e. The van der Waals surface area contributed by atoms with Crippen LogP contribution in [0.3, 0.4) is 0 Å². The second kappa shape index (κ2) is 12.6. The second-order valence-electron chi connectivity index (χ2n) is 10.6. The van der Waals surface area contributed by atoms with Crippen molar-refractivity contribution < 1.29 is 84.7 Å². The molecule has 3 aliphatic heterocycles. The van der Waals surface area contributed by atoms with Gasteiger partial charge in [-0.05, 0) is 17.7 Å². The number of carbonyl (C=O) groups is 1. The minimum Gasteiger partial charge on any atom is -0.508 e. The Morgan fingerprint density at radius 3 is 2.00 bits per heavy atom. The molecule has 2 saturated heterocycles. The standard InChI is InChI=1S/C27H32O17/c28-6-14-17(33)20(36)22(38)26(42-14)40-7-15-18(34)21(37)23(39)27(43-15)44-25-19(35)16-12(32)4-9(29)5-13(16)41-24(25)8-1-2-10(30)11(31)3-8/h1-5,14-15,17-18,20-34,36-39H,6-7H2/t14-,15-,17+,18-,20+,21+,22-,23-,24?,25?,26-,27+/m1/s1. The lowest BCUT2D eigenvalue weighted by Gasteiger charge is -2.44. The van der Waals surface area contributed by atoms with Crippen LogP contribution in [-0.2, 0) is 18.9 Å². The number of carbonyl (C=O) groups excluding carboxylic acids is 1. The predicted molar refractivity (Wildman–Crippen MR) is 139 cm³/mol. The number of aliphatic hydroxyl groups is 7. The molecule has 0 radical (unpaired) electrons. The van der Waals surface area contributed by atoms with Gasteiger partial charge in [-0.3, -0.25) is 4.79 Å². The van der Waals surface area contributed by atoms with E-state index < -0.39 is 121 Å². The van der Waals surface area contributed by atoms with Gasteiger partial charge in [0.15, 0.2) is 36.3 Å². The Morgan fingerprint density at radius 1 is 0.705 bits per heavy atom. The molecular weight excluding hydrogens is 596 g/mol. The highest BCUT2D eigenvalue weighted by atomic mass is 16.7. The number of hydrogen-bond donors (Lipinski definition) is 11. The largest absolute Gasteiger partial charge is 0.508 e. The number of benzene rings is 2. The fraction of sp³-hybridized carbons (Fsp3) is 0.519. The first-order chi connectivity index (χ1) is 20.8. The molecule has 2 aromatic rings. The predicted octanol–water partition coefficient (Wildman–Crippen LogP) is -3.17. The van der Waals surface area contributed by atoms with Crippen LogP contribution in [0.25, 0.3) is 0 Å². The maximum atomic E-state index is 13.6. The molecule has 242 valence electrons. The number of rotatable bonds is 7. The molecule has 2 unspecified atom stereocenters. The van der Waals surface area contributed by atoms with E-state index >= 15 is 0 Å². The fourth-order valence-electron chi connectivity index (χ4n) is 5.20. The summed E-state index contributed by atoms with van der Waals surface area (Å²) in [6.45, 7) is -1.40. The number of ether oxygens (including phenoxy) is 5. The number of aliphatic hydroxyl groups excluding tert-OH is 7. The van der Waals surface area contributed by atoms with E-state index in [0.29, 0.717) is 0 Å². The third-order valence-electron chi connectivity index (χ3n) is 7.65. The van der Waals surface area contributed by atoms with Crippen LogP contribution in [0.15, 0.2) is 30.3 Å². The molecule has 3 aliphatic rings. The molecule has 0 bridgehead atoms. The topological polar surface area (TPSA) is 286 Å². The van der Waals surface area contributed by atoms with E-state index in [1.807, 2.05) is 0 Å². The van der Waals surface area contributed by atoms with Gasteiger partial charge in [0.2, 0.25) is 5.78 Å². The van der Waals surface area contributed by atoms with Crippen LogP contribution in [-0.4, -0.2) is 143 Å². The molecule has 2 fully saturated rings. The molecule has 17 heteroatoms. The molecule has 0 aromatic heterocycles. The second-order valence-corrected chi connectivity index (χ2v) is 10.6. The molecule has 12 atom stereocenters. The van der Waals surface area contributed by atoms with E-state index in [-0.39, 0.29) is 11.3 Å². The smallest absolute Gasteiger partial charge is 0.203 e. The molecule has 3 heterocycles. The van der Waals surface area contributed by atoms with E-state index in [4.69, 9.17) is 23.7 Å². The molecular formula is C27H32O17. The summed E-state index contributed by atoms with van der Waals surface area (Å²) in [5, 5.41) is 111. The highest BCUT2D eigenvalue weighted by molar-refractivity contribution is 6.05. The summed E-state index contributed by atoms with van der Waals surface area (Å²) < 4.78 is 27.9. The Hall–Kier alpha value is -3.33. The highest BCUT2D eigenvalue weighted by Crippen LogP contribution is 2.44. The number of ketones is 1. The van der Waals surface area contributed by atoms with Crippen molar-refractivity contribution in [2.75, 3.05) is 13.2 Å². The van der Waals surface area contributed by atoms with E-state index in [0.717, 1.165) is 24.3 Å². The van der Waals surface area contributed by atoms with Gasteiger partial charge in [-0.15, -0.1) is 0 Å². The molecule has 17 nitrogen and oxygen atoms in total. The van der Waals surface area contributed by atoms with Crippen molar-refractivity contribution in [1.82, 2.24) is 0 Å². The Kier molecular flexibility index (Phi) is 9.17. The fourth-order valence-corrected chi connectivity index (χ4v) is 5.20. The van der Waals surface area contributed by atoms with Crippen LogP contribution in [0.4, 0.5) is 0 Å². The van der Waals surface area contributed by atoms with Crippen molar-refractivity contribution in [3.8, 4) is 28.7 Å². The lowest BCUT2D eigenvalue weighted by Crippen LogP contribution is -2.62. The molecule has 11 N–H and O–H groups in total. The van der Waals surface area contributed by atoms with Gasteiger partial charge < -0.3 is 79.9 Å². The maximum absolute atomic E-state index is 13.6. The van der Waals surface area contributed by atoms with Gasteiger partial charge in [0.1, 0.15) is 71.6 Å². The summed E-state index contributed by atoms with van der Waals surface area (Å²) in [6.07, 6.45) is -20.4. The Balaban J connectivity index is 1.39. The van der Waals surface area contributed by atoms with E-state index in [1.165, 1.54) is 6.07 Å². The zero-order chi connectivity index (χ0) is 32.0. The quantitative estimate of drug-likeness (QED) is 0.135. The van der Waals surface area contributed by atoms with Crippen LogP contribution < -0.4 is 4.74 Å². The van der Waals surface area contributed by atoms with Crippen molar-refractivity contribution >= 4 is 5.78 Å². The number of aromatic hydroxyl groups is 4. The third kappa shape index (κ3) is 5.87. The van der Waals surface area contributed by atoms with Crippen LogP contribution in [0, 0.1) is 0 Å². The molecule has 2 aromatic carbocycles. The summed E-state index contributed by atoms with van der Waals surface area (Å²) in [6, 6.07) is 5.37. The van der Waals surface area contributed by atoms with Crippen LogP contribution in [0.5, 0.6) is 28.7 Å². The zero-order valence-electron chi connectivity index (χ0n) is 22.6. The van der Waals surface area contributed by atoms with Gasteiger partial charge in [-0.1, -0.05) is 6.07 Å². The van der Waals surface area contributed by atoms with Gasteiger partial charge >= 0.3 is 0 Å². The average Bonchev–Trinajstić information content (AvgIpc) is 2.98. The molecule has 44 heavy (non-hydrogen) atoms. The molecule has 0 amide bonds. The first kappa shape index (κ1) is 32.1. The first-order valence-corrected chi connectivity index (χ1v) is 13.4. The normalized spacial score (nSPS) is 37.3. The van der Waals surface area contributed by atoms with Gasteiger partial charge in [-0.25, -0.2) is 0 Å². The van der Waals surface area contributed by atoms with Crippen LogP contribution >= 0.6 is 0 Å². The zero-order valence-corrected chi connectivity index (χ0v) is 22.6. The summed E-state index contributed by atoms with van der Waals surface area (Å²) in [5.41, 5.74) is -0.332. The summed E-state index contributed by atoms with van der Waals surface area (Å²) in [5.74, 6) is -3.36. The van der Waals surface area contributed by atoms with Gasteiger partial charge in [0.25, 0.3) is 0 Å². The highest BCUT2D eigenvalue weighted by Gasteiger charge is 2.50. The van der Waals surface area contributed by atoms with Crippen LogP contribution in [0.2, 0.25) is 0 Å². The Bertz CT molecular complexity index is 1350. The van der Waals surface area contributed by atoms with Crippen LogP contribution in [0.1, 0.15) is 22.0 Å². The lowest BCUT2D eigenvalue weighted by atomic mass is 9.92. The molecule has 0 saturated carbocycles. The Morgan fingerprint density at radius 2 is 1.34 bits per heavy atom. The molecule has 5 rings (SSSR count). The minimum atomic E-state index is -1.97. The first-order valence-electron chi connectivity index (χ1n) is 13.4. The van der Waals surface area contributed by atoms with E-state index in [2.05, 4.69) is 0 Å². The number of phenolic OH excluding ortho intramolecular Hbond substituents is 4. The Labute approximate surface area is 247 Å².